The molecule has 1 aromatic carbocycles. The first-order chi connectivity index (χ1) is 7.70. The Morgan fingerprint density at radius 1 is 1.44 bits per heavy atom. The van der Waals surface area contributed by atoms with E-state index >= 15 is 0 Å². The van der Waals surface area contributed by atoms with Crippen molar-refractivity contribution in [3.8, 4) is 0 Å². The van der Waals surface area contributed by atoms with Crippen LogP contribution in [0.5, 0.6) is 0 Å². The van der Waals surface area contributed by atoms with Crippen molar-refractivity contribution < 1.29 is 0 Å². The Balaban J connectivity index is 2.36. The van der Waals surface area contributed by atoms with E-state index in [1.54, 1.807) is 7.05 Å². The number of nitrogens with zero attached hydrogens (tertiary/aromatic N) is 4. The van der Waals surface area contributed by atoms with Crippen LogP contribution in [0.25, 0.3) is 0 Å². The lowest BCUT2D eigenvalue weighted by Gasteiger charge is -2.11. The van der Waals surface area contributed by atoms with Gasteiger partial charge in [-0.3, -0.25) is 0 Å². The number of hydrogen-bond acceptors (Lipinski definition) is 4. The van der Waals surface area contributed by atoms with Crippen LogP contribution < -0.4 is 5.73 Å². The van der Waals surface area contributed by atoms with Crippen molar-refractivity contribution >= 4 is 0 Å². The molecule has 0 fully saturated rings. The van der Waals surface area contributed by atoms with Crippen LogP contribution in [0.15, 0.2) is 24.3 Å². The van der Waals surface area contributed by atoms with Crippen molar-refractivity contribution in [3.05, 3.63) is 41.2 Å². The quantitative estimate of drug-likeness (QED) is 0.817. The molecule has 0 spiro atoms. The Kier molecular flexibility index (Phi) is 2.96. The average Bonchev–Trinajstić information content (AvgIpc) is 2.66. The van der Waals surface area contributed by atoms with Gasteiger partial charge >= 0.3 is 0 Å². The first-order valence-corrected chi connectivity index (χ1v) is 5.21. The standard InChI is InChI=1S/C11H15N5/c1-8-4-3-5-9(6-8)10(7-12)11-13-15-16(2)14-11/h3-6,10H,7,12H2,1-2H3. The number of nitrogens with two attached hydrogens (primary N) is 1. The molecule has 0 saturated heterocycles. The second-order valence-electron chi connectivity index (χ2n) is 3.84. The fourth-order valence-electron chi connectivity index (χ4n) is 1.72. The molecule has 16 heavy (non-hydrogen) atoms. The highest BCUT2D eigenvalue weighted by Gasteiger charge is 2.17. The van der Waals surface area contributed by atoms with Crippen molar-refractivity contribution in [3.63, 3.8) is 0 Å². The van der Waals surface area contributed by atoms with E-state index in [0.29, 0.717) is 12.4 Å². The first-order valence-electron chi connectivity index (χ1n) is 5.21. The van der Waals surface area contributed by atoms with E-state index in [-0.39, 0.29) is 5.92 Å². The fourth-order valence-corrected chi connectivity index (χ4v) is 1.72. The Bertz CT molecular complexity index is 477. The topological polar surface area (TPSA) is 69.6 Å². The maximum Gasteiger partial charge on any atom is 0.183 e. The number of aromatic nitrogens is 4. The summed E-state index contributed by atoms with van der Waals surface area (Å²) in [6.45, 7) is 2.54. The number of hydrogen-bond donors (Lipinski definition) is 1. The Labute approximate surface area is 94.3 Å². The summed E-state index contributed by atoms with van der Waals surface area (Å²) in [5, 5.41) is 12.1. The fraction of sp³-hybridized carbons (Fsp3) is 0.364. The second-order valence-corrected chi connectivity index (χ2v) is 3.84. The molecule has 2 aromatic rings. The van der Waals surface area contributed by atoms with Crippen molar-refractivity contribution in [1.82, 2.24) is 20.2 Å². The summed E-state index contributed by atoms with van der Waals surface area (Å²) < 4.78 is 0. The van der Waals surface area contributed by atoms with Crippen molar-refractivity contribution in [2.75, 3.05) is 6.54 Å². The number of aryl methyl sites for hydroxylation is 2. The summed E-state index contributed by atoms with van der Waals surface area (Å²) in [6.07, 6.45) is 0. The number of tetrazole rings is 1. The molecule has 0 radical (unpaired) electrons. The van der Waals surface area contributed by atoms with E-state index in [0.717, 1.165) is 5.56 Å². The Morgan fingerprint density at radius 3 is 2.81 bits per heavy atom. The largest absolute Gasteiger partial charge is 0.329 e. The van der Waals surface area contributed by atoms with Crippen LogP contribution in [0, 0.1) is 6.92 Å². The third-order valence-electron chi connectivity index (χ3n) is 2.52. The highest BCUT2D eigenvalue weighted by atomic mass is 15.6. The van der Waals surface area contributed by atoms with E-state index in [9.17, 15) is 0 Å². The van der Waals surface area contributed by atoms with Crippen LogP contribution in [0.2, 0.25) is 0 Å². The van der Waals surface area contributed by atoms with Crippen LogP contribution in [0.3, 0.4) is 0 Å². The summed E-state index contributed by atoms with van der Waals surface area (Å²) in [7, 11) is 1.75. The van der Waals surface area contributed by atoms with Gasteiger partial charge in [-0.05, 0) is 17.7 Å². The molecule has 1 unspecified atom stereocenters. The highest BCUT2D eigenvalue weighted by Crippen LogP contribution is 2.20. The third-order valence-corrected chi connectivity index (χ3v) is 2.52. The lowest BCUT2D eigenvalue weighted by molar-refractivity contribution is 0.624. The van der Waals surface area contributed by atoms with E-state index in [2.05, 4.69) is 34.5 Å². The second kappa shape index (κ2) is 4.40. The van der Waals surface area contributed by atoms with Crippen LogP contribution in [-0.4, -0.2) is 26.8 Å². The maximum absolute atomic E-state index is 5.78. The van der Waals surface area contributed by atoms with Gasteiger partial charge in [0.05, 0.1) is 13.0 Å². The molecular weight excluding hydrogens is 202 g/mol. The zero-order valence-corrected chi connectivity index (χ0v) is 9.46. The predicted molar refractivity (Wildman–Crippen MR) is 60.9 cm³/mol. The van der Waals surface area contributed by atoms with Gasteiger partial charge < -0.3 is 5.73 Å². The minimum Gasteiger partial charge on any atom is -0.329 e. The summed E-state index contributed by atoms with van der Waals surface area (Å²) in [4.78, 5) is 1.45. The minimum atomic E-state index is 0.0219. The minimum absolute atomic E-state index is 0.0219. The van der Waals surface area contributed by atoms with Gasteiger partial charge in [-0.1, -0.05) is 29.8 Å². The van der Waals surface area contributed by atoms with Crippen LogP contribution >= 0.6 is 0 Å². The van der Waals surface area contributed by atoms with E-state index in [1.165, 1.54) is 10.4 Å². The maximum atomic E-state index is 5.78. The Hall–Kier alpha value is -1.75. The molecule has 5 heteroatoms. The summed E-state index contributed by atoms with van der Waals surface area (Å²) in [5.41, 5.74) is 8.12. The first kappa shape index (κ1) is 10.8. The van der Waals surface area contributed by atoms with Gasteiger partial charge in [-0.2, -0.15) is 4.80 Å². The molecule has 0 amide bonds. The normalized spacial score (nSPS) is 12.7. The number of benzene rings is 1. The molecule has 0 aliphatic heterocycles. The molecular formula is C11H15N5. The zero-order valence-electron chi connectivity index (χ0n) is 9.46. The number of rotatable bonds is 3. The average molecular weight is 217 g/mol. The molecule has 1 aromatic heterocycles. The van der Waals surface area contributed by atoms with Gasteiger partial charge in [0.25, 0.3) is 0 Å². The highest BCUT2D eigenvalue weighted by molar-refractivity contribution is 5.29. The third kappa shape index (κ3) is 2.09. The predicted octanol–water partition coefficient (Wildman–Crippen LogP) is 0.609. The van der Waals surface area contributed by atoms with E-state index in [4.69, 9.17) is 5.73 Å². The zero-order chi connectivity index (χ0) is 11.5. The van der Waals surface area contributed by atoms with Gasteiger partial charge in [0.1, 0.15) is 0 Å². The van der Waals surface area contributed by atoms with Crippen LogP contribution in [-0.2, 0) is 7.05 Å². The van der Waals surface area contributed by atoms with Gasteiger partial charge in [0.2, 0.25) is 0 Å². The van der Waals surface area contributed by atoms with Gasteiger partial charge in [0, 0.05) is 6.54 Å². The van der Waals surface area contributed by atoms with Crippen molar-refractivity contribution in [2.45, 2.75) is 12.8 Å². The van der Waals surface area contributed by atoms with Gasteiger partial charge in [-0.15, -0.1) is 10.2 Å². The molecule has 0 aliphatic carbocycles. The van der Waals surface area contributed by atoms with Crippen molar-refractivity contribution in [2.24, 2.45) is 12.8 Å². The van der Waals surface area contributed by atoms with E-state index in [1.807, 2.05) is 12.1 Å². The van der Waals surface area contributed by atoms with Crippen LogP contribution in [0.4, 0.5) is 0 Å². The molecule has 1 atom stereocenters. The van der Waals surface area contributed by atoms with Crippen molar-refractivity contribution in [1.29, 1.82) is 0 Å². The van der Waals surface area contributed by atoms with Gasteiger partial charge in [-0.25, -0.2) is 0 Å². The molecule has 2 rings (SSSR count). The lowest BCUT2D eigenvalue weighted by atomic mass is 9.97. The monoisotopic (exact) mass is 217 g/mol. The molecule has 0 bridgehead atoms. The smallest absolute Gasteiger partial charge is 0.183 e. The molecule has 0 aliphatic rings. The summed E-state index contributed by atoms with van der Waals surface area (Å²) >= 11 is 0. The summed E-state index contributed by atoms with van der Waals surface area (Å²) in [5.74, 6) is 0.698. The summed E-state index contributed by atoms with van der Waals surface area (Å²) in [6, 6.07) is 8.22. The lowest BCUT2D eigenvalue weighted by Crippen LogP contribution is -2.15. The van der Waals surface area contributed by atoms with Gasteiger partial charge in [0.15, 0.2) is 5.82 Å². The van der Waals surface area contributed by atoms with E-state index < -0.39 is 0 Å². The van der Waals surface area contributed by atoms with Crippen LogP contribution in [0.1, 0.15) is 22.9 Å². The molecule has 0 saturated carbocycles. The SMILES string of the molecule is Cc1cccc(C(CN)c2nnn(C)n2)c1. The Morgan fingerprint density at radius 2 is 2.25 bits per heavy atom. The molecule has 2 N–H and O–H groups in total. The molecule has 1 heterocycles. The molecule has 84 valence electrons. The molecule has 5 nitrogen and oxygen atoms in total.